The molecule has 22 heavy (non-hydrogen) atoms. The van der Waals surface area contributed by atoms with E-state index < -0.39 is 0 Å². The minimum Gasteiger partial charge on any atom is -0.496 e. The predicted octanol–water partition coefficient (Wildman–Crippen LogP) is 4.24. The van der Waals surface area contributed by atoms with Gasteiger partial charge in [-0.2, -0.15) is 0 Å². The highest BCUT2D eigenvalue weighted by molar-refractivity contribution is 9.10. The van der Waals surface area contributed by atoms with Crippen LogP contribution in [0.3, 0.4) is 0 Å². The van der Waals surface area contributed by atoms with Gasteiger partial charge in [-0.1, -0.05) is 30.3 Å². The number of methoxy groups -OCH3 is 2. The Hall–Kier alpha value is -2.27. The molecule has 0 spiro atoms. The molecule has 112 valence electrons. The molecule has 0 unspecified atom stereocenters. The minimum absolute atomic E-state index is 0.181. The largest absolute Gasteiger partial charge is 0.496 e. The SMILES string of the molecule is COc1cc(OC)c2c(=O)c(Br)c(-c3ccccc3)oc2c1. The molecule has 0 aliphatic heterocycles. The molecule has 4 nitrogen and oxygen atoms in total. The lowest BCUT2D eigenvalue weighted by atomic mass is 10.1. The zero-order valence-electron chi connectivity index (χ0n) is 12.1. The molecule has 2 aromatic carbocycles. The lowest BCUT2D eigenvalue weighted by molar-refractivity contribution is 0.396. The van der Waals surface area contributed by atoms with Gasteiger partial charge in [-0.3, -0.25) is 4.79 Å². The first-order valence-corrected chi connectivity index (χ1v) is 7.38. The maximum Gasteiger partial charge on any atom is 0.211 e. The number of hydrogen-bond acceptors (Lipinski definition) is 4. The average Bonchev–Trinajstić information content (AvgIpc) is 2.57. The second-order valence-electron chi connectivity index (χ2n) is 4.64. The van der Waals surface area contributed by atoms with E-state index in [0.29, 0.717) is 32.7 Å². The number of benzene rings is 2. The molecule has 1 aromatic heterocycles. The Labute approximate surface area is 135 Å². The van der Waals surface area contributed by atoms with Crippen molar-refractivity contribution >= 4 is 26.9 Å². The summed E-state index contributed by atoms with van der Waals surface area (Å²) in [5.41, 5.74) is 1.05. The summed E-state index contributed by atoms with van der Waals surface area (Å²) < 4.78 is 16.8. The van der Waals surface area contributed by atoms with Crippen LogP contribution in [0.15, 0.2) is 56.1 Å². The zero-order valence-corrected chi connectivity index (χ0v) is 13.6. The predicted molar refractivity (Wildman–Crippen MR) is 88.7 cm³/mol. The van der Waals surface area contributed by atoms with Crippen molar-refractivity contribution < 1.29 is 13.9 Å². The van der Waals surface area contributed by atoms with Gasteiger partial charge in [0.2, 0.25) is 5.43 Å². The van der Waals surface area contributed by atoms with Crippen molar-refractivity contribution in [3.05, 3.63) is 57.2 Å². The van der Waals surface area contributed by atoms with Crippen LogP contribution in [0.25, 0.3) is 22.3 Å². The van der Waals surface area contributed by atoms with Crippen molar-refractivity contribution in [2.45, 2.75) is 0 Å². The van der Waals surface area contributed by atoms with Gasteiger partial charge in [-0.15, -0.1) is 0 Å². The van der Waals surface area contributed by atoms with E-state index in [-0.39, 0.29) is 5.43 Å². The maximum atomic E-state index is 12.7. The van der Waals surface area contributed by atoms with Crippen LogP contribution < -0.4 is 14.9 Å². The van der Waals surface area contributed by atoms with Crippen molar-refractivity contribution in [2.24, 2.45) is 0 Å². The van der Waals surface area contributed by atoms with Crippen molar-refractivity contribution in [3.63, 3.8) is 0 Å². The number of fused-ring (bicyclic) bond motifs is 1. The summed E-state index contributed by atoms with van der Waals surface area (Å²) in [5, 5.41) is 0.384. The van der Waals surface area contributed by atoms with Gasteiger partial charge in [0.25, 0.3) is 0 Å². The monoisotopic (exact) mass is 360 g/mol. The summed E-state index contributed by atoms with van der Waals surface area (Å²) >= 11 is 3.34. The summed E-state index contributed by atoms with van der Waals surface area (Å²) in [6, 6.07) is 12.8. The van der Waals surface area contributed by atoms with Crippen molar-refractivity contribution in [1.82, 2.24) is 0 Å². The second kappa shape index (κ2) is 5.85. The molecule has 0 bridgehead atoms. The molecule has 0 saturated carbocycles. The number of ether oxygens (including phenoxy) is 2. The standard InChI is InChI=1S/C17H13BrO4/c1-20-11-8-12(21-2)14-13(9-11)22-17(15(18)16(14)19)10-6-4-3-5-7-10/h3-9H,1-2H3. The topological polar surface area (TPSA) is 48.7 Å². The van der Waals surface area contributed by atoms with Crippen LogP contribution in [0, 0.1) is 0 Å². The summed E-state index contributed by atoms with van der Waals surface area (Å²) in [5.74, 6) is 1.46. The number of rotatable bonds is 3. The van der Waals surface area contributed by atoms with E-state index in [9.17, 15) is 4.79 Å². The lowest BCUT2D eigenvalue weighted by Gasteiger charge is -2.10. The lowest BCUT2D eigenvalue weighted by Crippen LogP contribution is -2.06. The fourth-order valence-corrected chi connectivity index (χ4v) is 2.80. The van der Waals surface area contributed by atoms with E-state index in [4.69, 9.17) is 13.9 Å². The normalized spacial score (nSPS) is 10.7. The van der Waals surface area contributed by atoms with Crippen LogP contribution in [0.5, 0.6) is 11.5 Å². The Morgan fingerprint density at radius 2 is 1.77 bits per heavy atom. The third-order valence-corrected chi connectivity index (χ3v) is 4.09. The fraction of sp³-hybridized carbons (Fsp3) is 0.118. The summed E-state index contributed by atoms with van der Waals surface area (Å²) in [7, 11) is 3.06. The molecule has 5 heteroatoms. The Balaban J connectivity index is 2.39. The van der Waals surface area contributed by atoms with E-state index in [2.05, 4.69) is 15.9 Å². The highest BCUT2D eigenvalue weighted by Crippen LogP contribution is 2.34. The van der Waals surface area contributed by atoms with Gasteiger partial charge in [0.05, 0.1) is 14.2 Å². The summed E-state index contributed by atoms with van der Waals surface area (Å²) in [6.07, 6.45) is 0. The Kier molecular flexibility index (Phi) is 3.90. The van der Waals surface area contributed by atoms with Crippen molar-refractivity contribution in [1.29, 1.82) is 0 Å². The quantitative estimate of drug-likeness (QED) is 0.700. The van der Waals surface area contributed by atoms with Gasteiger partial charge < -0.3 is 13.9 Å². The van der Waals surface area contributed by atoms with Gasteiger partial charge in [-0.25, -0.2) is 0 Å². The molecule has 0 amide bonds. The molecular formula is C17H13BrO4. The molecule has 0 radical (unpaired) electrons. The molecule has 0 atom stereocenters. The zero-order chi connectivity index (χ0) is 15.7. The van der Waals surface area contributed by atoms with Gasteiger partial charge in [0.15, 0.2) is 5.76 Å². The highest BCUT2D eigenvalue weighted by atomic mass is 79.9. The molecule has 1 heterocycles. The molecule has 0 aliphatic carbocycles. The third kappa shape index (κ3) is 2.37. The third-order valence-electron chi connectivity index (χ3n) is 3.37. The van der Waals surface area contributed by atoms with Crippen LogP contribution in [0.1, 0.15) is 0 Å². The van der Waals surface area contributed by atoms with Gasteiger partial charge in [0.1, 0.15) is 26.9 Å². The van der Waals surface area contributed by atoms with Crippen LogP contribution in [-0.4, -0.2) is 14.2 Å². The number of hydrogen-bond donors (Lipinski definition) is 0. The van der Waals surface area contributed by atoms with E-state index in [0.717, 1.165) is 5.56 Å². The molecule has 0 aliphatic rings. The van der Waals surface area contributed by atoms with Crippen molar-refractivity contribution in [3.8, 4) is 22.8 Å². The van der Waals surface area contributed by atoms with E-state index >= 15 is 0 Å². The van der Waals surface area contributed by atoms with Crippen molar-refractivity contribution in [2.75, 3.05) is 14.2 Å². The Bertz CT molecular complexity index is 885. The fourth-order valence-electron chi connectivity index (χ4n) is 2.29. The molecular weight excluding hydrogens is 348 g/mol. The summed E-state index contributed by atoms with van der Waals surface area (Å²) in [4.78, 5) is 12.7. The van der Waals surface area contributed by atoms with E-state index in [1.807, 2.05) is 30.3 Å². The molecule has 3 aromatic rings. The molecule has 0 fully saturated rings. The maximum absolute atomic E-state index is 12.7. The Morgan fingerprint density at radius 1 is 1.05 bits per heavy atom. The van der Waals surface area contributed by atoms with Crippen LogP contribution >= 0.6 is 15.9 Å². The van der Waals surface area contributed by atoms with Crippen LogP contribution in [0.2, 0.25) is 0 Å². The average molecular weight is 361 g/mol. The molecule has 0 saturated heterocycles. The highest BCUT2D eigenvalue weighted by Gasteiger charge is 2.18. The smallest absolute Gasteiger partial charge is 0.211 e. The molecule has 3 rings (SSSR count). The molecule has 0 N–H and O–H groups in total. The first kappa shape index (κ1) is 14.7. The Morgan fingerprint density at radius 3 is 2.41 bits per heavy atom. The van der Waals surface area contributed by atoms with Crippen LogP contribution in [0.4, 0.5) is 0 Å². The van der Waals surface area contributed by atoms with E-state index in [1.54, 1.807) is 19.2 Å². The minimum atomic E-state index is -0.181. The number of halogens is 1. The summed E-state index contributed by atoms with van der Waals surface area (Å²) in [6.45, 7) is 0. The van der Waals surface area contributed by atoms with Crippen LogP contribution in [-0.2, 0) is 0 Å². The van der Waals surface area contributed by atoms with Gasteiger partial charge in [-0.05, 0) is 15.9 Å². The first-order valence-electron chi connectivity index (χ1n) is 6.59. The van der Waals surface area contributed by atoms with Gasteiger partial charge >= 0.3 is 0 Å². The van der Waals surface area contributed by atoms with Gasteiger partial charge in [0, 0.05) is 17.7 Å². The van der Waals surface area contributed by atoms with E-state index in [1.165, 1.54) is 7.11 Å². The second-order valence-corrected chi connectivity index (χ2v) is 5.44. The first-order chi connectivity index (χ1) is 10.7.